The summed E-state index contributed by atoms with van der Waals surface area (Å²) in [6, 6.07) is 0.598. The average Bonchev–Trinajstić information content (AvgIpc) is 2.58. The summed E-state index contributed by atoms with van der Waals surface area (Å²) in [6.45, 7) is 6.68. The predicted molar refractivity (Wildman–Crippen MR) is 68.7 cm³/mol. The molecule has 1 heterocycles. The van der Waals surface area contributed by atoms with Crippen LogP contribution in [-0.2, 0) is 13.0 Å². The van der Waals surface area contributed by atoms with Crippen molar-refractivity contribution in [3.05, 3.63) is 23.5 Å². The van der Waals surface area contributed by atoms with Crippen LogP contribution in [0, 0.1) is 0 Å². The van der Waals surface area contributed by atoms with E-state index in [1.165, 1.54) is 32.1 Å². The second-order valence-electron chi connectivity index (χ2n) is 4.83. The molecule has 1 N–H and O–H groups in total. The summed E-state index contributed by atoms with van der Waals surface area (Å²) < 4.78 is 2.38. The van der Waals surface area contributed by atoms with Gasteiger partial charge in [-0.3, -0.25) is 0 Å². The number of fused-ring (bicyclic) bond motifs is 1. The highest BCUT2D eigenvalue weighted by Gasteiger charge is 2.19. The van der Waals surface area contributed by atoms with Gasteiger partial charge in [0.1, 0.15) is 0 Å². The van der Waals surface area contributed by atoms with Crippen LogP contribution in [0.4, 0.5) is 0 Å². The van der Waals surface area contributed by atoms with E-state index in [9.17, 15) is 0 Å². The largest absolute Gasteiger partial charge is 0.354 e. The molecule has 0 saturated carbocycles. The minimum atomic E-state index is 0.598. The molecular weight excluding hydrogens is 196 g/mol. The molecule has 0 saturated heterocycles. The summed E-state index contributed by atoms with van der Waals surface area (Å²) in [7, 11) is 0. The van der Waals surface area contributed by atoms with Gasteiger partial charge in [0.25, 0.3) is 0 Å². The molecule has 1 aliphatic carbocycles. The molecule has 2 nitrogen and oxygen atoms in total. The van der Waals surface area contributed by atoms with Crippen molar-refractivity contribution in [1.29, 1.82) is 0 Å². The van der Waals surface area contributed by atoms with E-state index in [4.69, 9.17) is 0 Å². The van der Waals surface area contributed by atoms with Crippen molar-refractivity contribution in [2.75, 3.05) is 6.54 Å². The van der Waals surface area contributed by atoms with Crippen LogP contribution in [0.25, 0.3) is 0 Å². The van der Waals surface area contributed by atoms with Gasteiger partial charge in [-0.25, -0.2) is 0 Å². The quantitative estimate of drug-likeness (QED) is 0.771. The maximum atomic E-state index is 3.62. The Kier molecular flexibility index (Phi) is 4.05. The predicted octanol–water partition coefficient (Wildman–Crippen LogP) is 3.28. The third kappa shape index (κ3) is 2.49. The minimum Gasteiger partial charge on any atom is -0.354 e. The highest BCUT2D eigenvalue weighted by molar-refractivity contribution is 5.29. The standard InChI is InChI=1S/C14H24N2/c1-3-9-16-10-12-7-5-6-8-14(15-4-2)13(12)11-16/h10-11,14-15H,3-9H2,1-2H3. The summed E-state index contributed by atoms with van der Waals surface area (Å²) in [4.78, 5) is 0. The number of hydrogen-bond donors (Lipinski definition) is 1. The van der Waals surface area contributed by atoms with Gasteiger partial charge in [0.05, 0.1) is 0 Å². The van der Waals surface area contributed by atoms with E-state index in [0.717, 1.165) is 13.1 Å². The van der Waals surface area contributed by atoms with Gasteiger partial charge in [-0.15, -0.1) is 0 Å². The molecule has 90 valence electrons. The second-order valence-corrected chi connectivity index (χ2v) is 4.83. The number of aromatic nitrogens is 1. The molecule has 0 aliphatic heterocycles. The third-order valence-corrected chi connectivity index (χ3v) is 3.49. The van der Waals surface area contributed by atoms with Crippen LogP contribution >= 0.6 is 0 Å². The zero-order valence-electron chi connectivity index (χ0n) is 10.6. The Hall–Kier alpha value is -0.760. The Morgan fingerprint density at radius 1 is 1.31 bits per heavy atom. The van der Waals surface area contributed by atoms with E-state index in [1.54, 1.807) is 11.1 Å². The van der Waals surface area contributed by atoms with Crippen LogP contribution in [-0.4, -0.2) is 11.1 Å². The molecule has 1 atom stereocenters. The molecule has 0 aromatic carbocycles. The first-order valence-electron chi connectivity index (χ1n) is 6.77. The molecule has 0 bridgehead atoms. The van der Waals surface area contributed by atoms with Crippen molar-refractivity contribution in [2.24, 2.45) is 0 Å². The molecule has 0 radical (unpaired) electrons. The highest BCUT2D eigenvalue weighted by Crippen LogP contribution is 2.29. The topological polar surface area (TPSA) is 17.0 Å². The number of nitrogens with zero attached hydrogens (tertiary/aromatic N) is 1. The summed E-state index contributed by atoms with van der Waals surface area (Å²) in [5, 5.41) is 3.62. The van der Waals surface area contributed by atoms with Gasteiger partial charge in [-0.1, -0.05) is 20.3 Å². The normalized spacial score (nSPS) is 20.5. The fraction of sp³-hybridized carbons (Fsp3) is 0.714. The number of aryl methyl sites for hydroxylation is 2. The van der Waals surface area contributed by atoms with E-state index in [1.807, 2.05) is 0 Å². The van der Waals surface area contributed by atoms with Crippen molar-refractivity contribution in [1.82, 2.24) is 9.88 Å². The first-order chi connectivity index (χ1) is 7.85. The lowest BCUT2D eigenvalue weighted by atomic mass is 10.0. The van der Waals surface area contributed by atoms with Crippen LogP contribution < -0.4 is 5.32 Å². The molecular formula is C14H24N2. The fourth-order valence-corrected chi connectivity index (χ4v) is 2.76. The molecule has 0 spiro atoms. The number of nitrogens with one attached hydrogen (secondary N) is 1. The second kappa shape index (κ2) is 5.53. The zero-order valence-corrected chi connectivity index (χ0v) is 10.6. The summed E-state index contributed by atoms with van der Waals surface area (Å²) in [6.07, 6.45) is 11.3. The molecule has 1 aliphatic rings. The van der Waals surface area contributed by atoms with Crippen molar-refractivity contribution in [2.45, 2.75) is 58.5 Å². The van der Waals surface area contributed by atoms with Crippen LogP contribution in [0.2, 0.25) is 0 Å². The first-order valence-corrected chi connectivity index (χ1v) is 6.77. The first kappa shape index (κ1) is 11.7. The van der Waals surface area contributed by atoms with Gasteiger partial charge in [0.2, 0.25) is 0 Å². The van der Waals surface area contributed by atoms with Crippen molar-refractivity contribution in [3.8, 4) is 0 Å². The van der Waals surface area contributed by atoms with Crippen LogP contribution in [0.1, 0.15) is 56.7 Å². The molecule has 2 heteroatoms. The minimum absolute atomic E-state index is 0.598. The van der Waals surface area contributed by atoms with Crippen molar-refractivity contribution >= 4 is 0 Å². The van der Waals surface area contributed by atoms with E-state index in [2.05, 4.69) is 36.1 Å². The van der Waals surface area contributed by atoms with Crippen LogP contribution in [0.15, 0.2) is 12.4 Å². The lowest BCUT2D eigenvalue weighted by Gasteiger charge is -2.15. The smallest absolute Gasteiger partial charge is 0.0337 e. The zero-order chi connectivity index (χ0) is 11.4. The summed E-state index contributed by atoms with van der Waals surface area (Å²) in [5.41, 5.74) is 3.14. The fourth-order valence-electron chi connectivity index (χ4n) is 2.76. The third-order valence-electron chi connectivity index (χ3n) is 3.49. The van der Waals surface area contributed by atoms with Gasteiger partial charge in [0, 0.05) is 25.0 Å². The molecule has 1 aromatic heterocycles. The number of rotatable bonds is 4. The monoisotopic (exact) mass is 220 g/mol. The highest BCUT2D eigenvalue weighted by atomic mass is 15.0. The lowest BCUT2D eigenvalue weighted by Crippen LogP contribution is -2.20. The molecule has 1 aromatic rings. The Morgan fingerprint density at radius 2 is 2.19 bits per heavy atom. The molecule has 16 heavy (non-hydrogen) atoms. The molecule has 0 fully saturated rings. The van der Waals surface area contributed by atoms with Crippen LogP contribution in [0.3, 0.4) is 0 Å². The maximum absolute atomic E-state index is 3.62. The van der Waals surface area contributed by atoms with Crippen LogP contribution in [0.5, 0.6) is 0 Å². The number of hydrogen-bond acceptors (Lipinski definition) is 1. The van der Waals surface area contributed by atoms with E-state index >= 15 is 0 Å². The van der Waals surface area contributed by atoms with Crippen molar-refractivity contribution < 1.29 is 0 Å². The molecule has 2 rings (SSSR count). The van der Waals surface area contributed by atoms with E-state index < -0.39 is 0 Å². The summed E-state index contributed by atoms with van der Waals surface area (Å²) in [5.74, 6) is 0. The SMILES string of the molecule is CCCn1cc2c(c1)C(NCC)CCCC2. The average molecular weight is 220 g/mol. The van der Waals surface area contributed by atoms with E-state index in [-0.39, 0.29) is 0 Å². The van der Waals surface area contributed by atoms with Crippen molar-refractivity contribution in [3.63, 3.8) is 0 Å². The maximum Gasteiger partial charge on any atom is 0.0337 e. The van der Waals surface area contributed by atoms with Gasteiger partial charge in [-0.2, -0.15) is 0 Å². The molecule has 0 amide bonds. The Labute approximate surface area is 99.0 Å². The molecule has 1 unspecified atom stereocenters. The summed E-state index contributed by atoms with van der Waals surface area (Å²) >= 11 is 0. The Morgan fingerprint density at radius 3 is 2.94 bits per heavy atom. The van der Waals surface area contributed by atoms with Gasteiger partial charge in [-0.05, 0) is 43.4 Å². The lowest BCUT2D eigenvalue weighted by molar-refractivity contribution is 0.501. The van der Waals surface area contributed by atoms with E-state index in [0.29, 0.717) is 6.04 Å². The Balaban J connectivity index is 2.21. The van der Waals surface area contributed by atoms with Gasteiger partial charge < -0.3 is 9.88 Å². The Bertz CT molecular complexity index is 327. The van der Waals surface area contributed by atoms with Gasteiger partial charge >= 0.3 is 0 Å². The van der Waals surface area contributed by atoms with Gasteiger partial charge in [0.15, 0.2) is 0 Å².